The van der Waals surface area contributed by atoms with E-state index < -0.39 is 22.6 Å². The highest BCUT2D eigenvalue weighted by Crippen LogP contribution is 2.15. The van der Waals surface area contributed by atoms with Gasteiger partial charge in [-0.1, -0.05) is 12.2 Å². The average molecular weight is 160 g/mol. The van der Waals surface area contributed by atoms with E-state index in [2.05, 4.69) is 0 Å². The third-order valence-electron chi connectivity index (χ3n) is 1.40. The Kier molecular flexibility index (Phi) is 2.51. The standard InChI is InChI=1S/C7H9FOS/c1-10(9)7-5-3-2-4-6(7)8/h2-7H,1H3/t6?,7?,10-/m1/s1. The highest BCUT2D eigenvalue weighted by Gasteiger charge is 2.25. The molecule has 2 unspecified atom stereocenters. The zero-order valence-electron chi connectivity index (χ0n) is 5.66. The molecule has 56 valence electrons. The fourth-order valence-electron chi connectivity index (χ4n) is 0.853. The molecule has 0 amide bonds. The van der Waals surface area contributed by atoms with Gasteiger partial charge in [-0.05, 0) is 23.3 Å². The molecular formula is C7H9FOS. The van der Waals surface area contributed by atoms with Gasteiger partial charge in [0, 0.05) is 0 Å². The largest absolute Gasteiger partial charge is 0.616 e. The Bertz CT molecular complexity index is 165. The number of hydrogen-bond acceptors (Lipinski definition) is 1. The molecule has 0 aliphatic heterocycles. The van der Waals surface area contributed by atoms with E-state index in [1.165, 1.54) is 12.3 Å². The first kappa shape index (κ1) is 7.82. The second-order valence-corrected chi connectivity index (χ2v) is 3.72. The van der Waals surface area contributed by atoms with Gasteiger partial charge in [-0.2, -0.15) is 0 Å². The number of hydrogen-bond donors (Lipinski definition) is 0. The van der Waals surface area contributed by atoms with Crippen LogP contribution in [0.3, 0.4) is 0 Å². The van der Waals surface area contributed by atoms with Crippen LogP contribution in [-0.2, 0) is 11.2 Å². The van der Waals surface area contributed by atoms with E-state index in [0.29, 0.717) is 0 Å². The van der Waals surface area contributed by atoms with Crippen molar-refractivity contribution in [1.29, 1.82) is 0 Å². The van der Waals surface area contributed by atoms with Crippen molar-refractivity contribution in [3.8, 4) is 0 Å². The Hall–Kier alpha value is -0.280. The van der Waals surface area contributed by atoms with Gasteiger partial charge >= 0.3 is 0 Å². The van der Waals surface area contributed by atoms with Gasteiger partial charge < -0.3 is 4.55 Å². The Morgan fingerprint density at radius 3 is 2.40 bits per heavy atom. The SMILES string of the molecule is C[S@@+]([O-])C1C=CC=CC1F. The molecule has 0 fully saturated rings. The lowest BCUT2D eigenvalue weighted by Crippen LogP contribution is -2.28. The van der Waals surface area contributed by atoms with Crippen LogP contribution in [0.5, 0.6) is 0 Å². The summed E-state index contributed by atoms with van der Waals surface area (Å²) in [5.74, 6) is 0. The molecule has 0 heterocycles. The molecule has 0 N–H and O–H groups in total. The van der Waals surface area contributed by atoms with Crippen molar-refractivity contribution in [1.82, 2.24) is 0 Å². The second-order valence-electron chi connectivity index (χ2n) is 2.18. The monoisotopic (exact) mass is 160 g/mol. The highest BCUT2D eigenvalue weighted by molar-refractivity contribution is 7.91. The smallest absolute Gasteiger partial charge is 0.169 e. The average Bonchev–Trinajstić information content (AvgIpc) is 1.88. The van der Waals surface area contributed by atoms with Gasteiger partial charge in [-0.3, -0.25) is 0 Å². The Morgan fingerprint density at radius 1 is 1.40 bits per heavy atom. The minimum Gasteiger partial charge on any atom is -0.616 e. The molecule has 0 aromatic carbocycles. The fraction of sp³-hybridized carbons (Fsp3) is 0.429. The maximum absolute atomic E-state index is 12.8. The third-order valence-corrected chi connectivity index (χ3v) is 2.59. The zero-order valence-corrected chi connectivity index (χ0v) is 6.48. The van der Waals surface area contributed by atoms with Gasteiger partial charge in [0.15, 0.2) is 11.4 Å². The van der Waals surface area contributed by atoms with Crippen molar-refractivity contribution < 1.29 is 8.94 Å². The van der Waals surface area contributed by atoms with Crippen molar-refractivity contribution in [2.45, 2.75) is 11.4 Å². The number of halogens is 1. The summed E-state index contributed by atoms with van der Waals surface area (Å²) in [6.07, 6.45) is 6.86. The normalized spacial score (nSPS) is 34.3. The maximum Gasteiger partial charge on any atom is 0.169 e. The molecule has 0 saturated heterocycles. The van der Waals surface area contributed by atoms with Crippen molar-refractivity contribution >= 4 is 11.2 Å². The molecule has 0 aromatic rings. The maximum atomic E-state index is 12.8. The number of alkyl halides is 1. The summed E-state index contributed by atoms with van der Waals surface area (Å²) < 4.78 is 23.6. The van der Waals surface area contributed by atoms with Crippen LogP contribution in [0.15, 0.2) is 24.3 Å². The van der Waals surface area contributed by atoms with Crippen molar-refractivity contribution in [2.24, 2.45) is 0 Å². The third kappa shape index (κ3) is 1.61. The van der Waals surface area contributed by atoms with Crippen LogP contribution in [0.2, 0.25) is 0 Å². The molecule has 0 spiro atoms. The topological polar surface area (TPSA) is 23.1 Å². The molecular weight excluding hydrogens is 151 g/mol. The highest BCUT2D eigenvalue weighted by atomic mass is 32.2. The van der Waals surface area contributed by atoms with Crippen LogP contribution in [0.1, 0.15) is 0 Å². The van der Waals surface area contributed by atoms with Crippen molar-refractivity contribution in [3.63, 3.8) is 0 Å². The summed E-state index contributed by atoms with van der Waals surface area (Å²) in [5, 5.41) is -0.440. The van der Waals surface area contributed by atoms with Gasteiger partial charge in [-0.15, -0.1) is 0 Å². The van der Waals surface area contributed by atoms with E-state index in [0.717, 1.165) is 0 Å². The quantitative estimate of drug-likeness (QED) is 0.528. The molecule has 0 radical (unpaired) electrons. The molecule has 0 aromatic heterocycles. The van der Waals surface area contributed by atoms with Crippen molar-refractivity contribution in [2.75, 3.05) is 6.26 Å². The van der Waals surface area contributed by atoms with Crippen LogP contribution in [-0.4, -0.2) is 22.2 Å². The van der Waals surface area contributed by atoms with Crippen LogP contribution < -0.4 is 0 Å². The minimum atomic E-state index is -1.10. The van der Waals surface area contributed by atoms with E-state index in [4.69, 9.17) is 0 Å². The van der Waals surface area contributed by atoms with Crippen LogP contribution >= 0.6 is 0 Å². The first-order chi connectivity index (χ1) is 4.72. The molecule has 3 heteroatoms. The van der Waals surface area contributed by atoms with Crippen LogP contribution in [0.4, 0.5) is 4.39 Å². The van der Waals surface area contributed by atoms with E-state index in [1.54, 1.807) is 18.2 Å². The second kappa shape index (κ2) is 3.21. The van der Waals surface area contributed by atoms with E-state index in [1.807, 2.05) is 0 Å². The Balaban J connectivity index is 2.61. The molecule has 1 aliphatic carbocycles. The molecule has 1 rings (SSSR count). The number of rotatable bonds is 1. The lowest BCUT2D eigenvalue weighted by molar-refractivity contribution is 0.399. The summed E-state index contributed by atoms with van der Waals surface area (Å²) in [4.78, 5) is 0. The van der Waals surface area contributed by atoms with Gasteiger partial charge in [0.1, 0.15) is 0 Å². The molecule has 3 atom stereocenters. The Labute approximate surface area is 62.8 Å². The van der Waals surface area contributed by atoms with E-state index in [-0.39, 0.29) is 0 Å². The number of allylic oxidation sites excluding steroid dienone is 3. The fourth-order valence-corrected chi connectivity index (χ4v) is 1.62. The van der Waals surface area contributed by atoms with E-state index in [9.17, 15) is 8.94 Å². The van der Waals surface area contributed by atoms with Gasteiger partial charge in [0.2, 0.25) is 0 Å². The van der Waals surface area contributed by atoms with Crippen molar-refractivity contribution in [3.05, 3.63) is 24.3 Å². The summed E-state index contributed by atoms with van der Waals surface area (Å²) >= 11 is -1.10. The minimum absolute atomic E-state index is 0.440. The molecule has 1 aliphatic rings. The zero-order chi connectivity index (χ0) is 7.56. The van der Waals surface area contributed by atoms with Gasteiger partial charge in [-0.25, -0.2) is 4.39 Å². The molecule has 0 bridgehead atoms. The predicted octanol–water partition coefficient (Wildman–Crippen LogP) is 1.20. The summed E-state index contributed by atoms with van der Waals surface area (Å²) in [7, 11) is 0. The van der Waals surface area contributed by atoms with E-state index >= 15 is 0 Å². The molecule has 0 saturated carbocycles. The van der Waals surface area contributed by atoms with Gasteiger partial charge in [0.05, 0.1) is 6.26 Å². The Morgan fingerprint density at radius 2 is 2.00 bits per heavy atom. The first-order valence-corrected chi connectivity index (χ1v) is 4.65. The lowest BCUT2D eigenvalue weighted by Gasteiger charge is -2.18. The molecule has 1 nitrogen and oxygen atoms in total. The first-order valence-electron chi connectivity index (χ1n) is 3.03. The summed E-state index contributed by atoms with van der Waals surface area (Å²) in [5.41, 5.74) is 0. The van der Waals surface area contributed by atoms with Crippen LogP contribution in [0.25, 0.3) is 0 Å². The molecule has 10 heavy (non-hydrogen) atoms. The summed E-state index contributed by atoms with van der Waals surface area (Å²) in [6, 6.07) is 0. The summed E-state index contributed by atoms with van der Waals surface area (Å²) in [6.45, 7) is 0. The van der Waals surface area contributed by atoms with Gasteiger partial charge in [0.25, 0.3) is 0 Å². The predicted molar refractivity (Wildman–Crippen MR) is 41.0 cm³/mol. The lowest BCUT2D eigenvalue weighted by atomic mass is 10.2. The van der Waals surface area contributed by atoms with Crippen LogP contribution in [0, 0.1) is 0 Å².